The van der Waals surface area contributed by atoms with Gasteiger partial charge in [0.1, 0.15) is 0 Å². The minimum atomic E-state index is -0.491. The standard InChI is InChI=1S/C15H22N4O2/c1-10(14(20)18-15(21)17-2)19-8-12(13(16)9-19)11-6-4-3-5-7-11/h3-7,10,12-13H,8-9,16H2,1-2H3,(H2,17,18,20,21)/t10?,12-,13+/m0/s1. The van der Waals surface area contributed by atoms with Gasteiger partial charge in [0.25, 0.3) is 0 Å². The Morgan fingerprint density at radius 1 is 1.29 bits per heavy atom. The minimum absolute atomic E-state index is 0.0114. The van der Waals surface area contributed by atoms with Crippen molar-refractivity contribution in [3.05, 3.63) is 35.9 Å². The quantitative estimate of drug-likeness (QED) is 0.745. The van der Waals surface area contributed by atoms with Crippen LogP contribution in [0.5, 0.6) is 0 Å². The van der Waals surface area contributed by atoms with E-state index in [-0.39, 0.29) is 23.9 Å². The van der Waals surface area contributed by atoms with E-state index in [0.717, 1.165) is 0 Å². The van der Waals surface area contributed by atoms with Crippen LogP contribution in [0.3, 0.4) is 0 Å². The number of hydrogen-bond acceptors (Lipinski definition) is 4. The predicted octanol–water partition coefficient (Wildman–Crippen LogP) is 0.257. The second kappa shape index (κ2) is 6.69. The number of nitrogens with two attached hydrogens (primary N) is 1. The second-order valence-corrected chi connectivity index (χ2v) is 5.38. The van der Waals surface area contributed by atoms with Crippen molar-refractivity contribution in [2.24, 2.45) is 5.73 Å². The molecule has 0 saturated carbocycles. The first kappa shape index (κ1) is 15.5. The normalized spacial score (nSPS) is 23.6. The molecule has 4 N–H and O–H groups in total. The average molecular weight is 290 g/mol. The van der Waals surface area contributed by atoms with Crippen molar-refractivity contribution in [1.29, 1.82) is 0 Å². The number of nitrogens with zero attached hydrogens (tertiary/aromatic N) is 1. The first-order valence-electron chi connectivity index (χ1n) is 7.10. The van der Waals surface area contributed by atoms with Gasteiger partial charge >= 0.3 is 6.03 Å². The molecule has 1 unspecified atom stereocenters. The molecule has 3 atom stereocenters. The molecule has 2 rings (SSSR count). The molecule has 0 spiro atoms. The molecule has 114 valence electrons. The highest BCUT2D eigenvalue weighted by Crippen LogP contribution is 2.27. The highest BCUT2D eigenvalue weighted by atomic mass is 16.2. The summed E-state index contributed by atoms with van der Waals surface area (Å²) in [6.45, 7) is 3.15. The molecule has 6 heteroatoms. The second-order valence-electron chi connectivity index (χ2n) is 5.38. The summed E-state index contributed by atoms with van der Waals surface area (Å²) < 4.78 is 0. The van der Waals surface area contributed by atoms with E-state index in [0.29, 0.717) is 13.1 Å². The maximum absolute atomic E-state index is 12.0. The summed E-state index contributed by atoms with van der Waals surface area (Å²) in [4.78, 5) is 25.2. The smallest absolute Gasteiger partial charge is 0.321 e. The Balaban J connectivity index is 2.00. The Kier molecular flexibility index (Phi) is 4.93. The fraction of sp³-hybridized carbons (Fsp3) is 0.467. The Labute approximate surface area is 124 Å². The zero-order valence-electron chi connectivity index (χ0n) is 12.4. The number of imide groups is 1. The van der Waals surface area contributed by atoms with Crippen molar-refractivity contribution in [2.45, 2.75) is 24.9 Å². The van der Waals surface area contributed by atoms with Gasteiger partial charge in [-0.3, -0.25) is 15.0 Å². The summed E-state index contributed by atoms with van der Waals surface area (Å²) >= 11 is 0. The molecule has 21 heavy (non-hydrogen) atoms. The van der Waals surface area contributed by atoms with Gasteiger partial charge in [-0.05, 0) is 12.5 Å². The fourth-order valence-corrected chi connectivity index (χ4v) is 2.67. The van der Waals surface area contributed by atoms with Crippen LogP contribution in [0, 0.1) is 0 Å². The predicted molar refractivity (Wildman–Crippen MR) is 80.8 cm³/mol. The van der Waals surface area contributed by atoms with Gasteiger partial charge in [0.05, 0.1) is 6.04 Å². The van der Waals surface area contributed by atoms with E-state index in [1.165, 1.54) is 12.6 Å². The summed E-state index contributed by atoms with van der Waals surface area (Å²) in [6.07, 6.45) is 0. The van der Waals surface area contributed by atoms with Crippen LogP contribution in [-0.2, 0) is 4.79 Å². The van der Waals surface area contributed by atoms with Crippen LogP contribution < -0.4 is 16.4 Å². The topological polar surface area (TPSA) is 87.5 Å². The molecule has 0 aromatic heterocycles. The highest BCUT2D eigenvalue weighted by Gasteiger charge is 2.35. The molecule has 1 aromatic rings. The van der Waals surface area contributed by atoms with Gasteiger partial charge < -0.3 is 11.1 Å². The van der Waals surface area contributed by atoms with E-state index in [4.69, 9.17) is 5.73 Å². The third-order valence-electron chi connectivity index (χ3n) is 4.01. The van der Waals surface area contributed by atoms with E-state index in [2.05, 4.69) is 22.8 Å². The molecule has 3 amide bonds. The van der Waals surface area contributed by atoms with E-state index in [9.17, 15) is 9.59 Å². The summed E-state index contributed by atoms with van der Waals surface area (Å²) in [6, 6.07) is 9.19. The lowest BCUT2D eigenvalue weighted by molar-refractivity contribution is -0.124. The molecular weight excluding hydrogens is 268 g/mol. The lowest BCUT2D eigenvalue weighted by Gasteiger charge is -2.22. The molecular formula is C15H22N4O2. The van der Waals surface area contributed by atoms with E-state index in [1.54, 1.807) is 6.92 Å². The van der Waals surface area contributed by atoms with Crippen LogP contribution in [0.2, 0.25) is 0 Å². The molecule has 0 radical (unpaired) electrons. The van der Waals surface area contributed by atoms with Crippen molar-refractivity contribution < 1.29 is 9.59 Å². The molecule has 1 fully saturated rings. The molecule has 6 nitrogen and oxygen atoms in total. The van der Waals surface area contributed by atoms with Gasteiger partial charge in [-0.15, -0.1) is 0 Å². The number of rotatable bonds is 3. The van der Waals surface area contributed by atoms with Crippen LogP contribution >= 0.6 is 0 Å². The summed E-state index contributed by atoms with van der Waals surface area (Å²) in [7, 11) is 1.48. The molecule has 0 aliphatic carbocycles. The Bertz CT molecular complexity index is 506. The Morgan fingerprint density at radius 2 is 1.95 bits per heavy atom. The van der Waals surface area contributed by atoms with Crippen molar-refractivity contribution in [1.82, 2.24) is 15.5 Å². The highest BCUT2D eigenvalue weighted by molar-refractivity contribution is 5.96. The molecule has 1 aliphatic heterocycles. The lowest BCUT2D eigenvalue weighted by atomic mass is 9.95. The average Bonchev–Trinajstić information content (AvgIpc) is 2.89. The van der Waals surface area contributed by atoms with Crippen LogP contribution in [0.15, 0.2) is 30.3 Å². The van der Waals surface area contributed by atoms with Gasteiger partial charge in [0, 0.05) is 32.1 Å². The third-order valence-corrected chi connectivity index (χ3v) is 4.01. The van der Waals surface area contributed by atoms with Crippen LogP contribution in [-0.4, -0.2) is 49.1 Å². The number of likely N-dealkylation sites (tertiary alicyclic amines) is 1. The van der Waals surface area contributed by atoms with Gasteiger partial charge in [0.2, 0.25) is 5.91 Å². The Morgan fingerprint density at radius 3 is 2.57 bits per heavy atom. The lowest BCUT2D eigenvalue weighted by Crippen LogP contribution is -2.48. The first-order chi connectivity index (χ1) is 10.0. The van der Waals surface area contributed by atoms with Crippen LogP contribution in [0.1, 0.15) is 18.4 Å². The van der Waals surface area contributed by atoms with Gasteiger partial charge in [-0.1, -0.05) is 30.3 Å². The summed E-state index contributed by atoms with van der Waals surface area (Å²) in [5, 5.41) is 4.67. The summed E-state index contributed by atoms with van der Waals surface area (Å²) in [5.41, 5.74) is 7.40. The van der Waals surface area contributed by atoms with Gasteiger partial charge in [-0.25, -0.2) is 4.79 Å². The molecule has 1 saturated heterocycles. The number of carbonyl (C=O) groups excluding carboxylic acids is 2. The maximum atomic E-state index is 12.0. The zero-order chi connectivity index (χ0) is 15.4. The van der Waals surface area contributed by atoms with E-state index < -0.39 is 6.03 Å². The SMILES string of the molecule is CNC(=O)NC(=O)C(C)N1C[C@@H](N)[C@H](c2ccccc2)C1. The fourth-order valence-electron chi connectivity index (χ4n) is 2.67. The van der Waals surface area contributed by atoms with Gasteiger partial charge in [-0.2, -0.15) is 0 Å². The molecule has 1 heterocycles. The monoisotopic (exact) mass is 290 g/mol. The van der Waals surface area contributed by atoms with Crippen molar-refractivity contribution in [3.63, 3.8) is 0 Å². The number of carbonyl (C=O) groups is 2. The maximum Gasteiger partial charge on any atom is 0.321 e. The number of urea groups is 1. The van der Waals surface area contributed by atoms with E-state index in [1.807, 2.05) is 23.1 Å². The molecule has 1 aromatic carbocycles. The van der Waals surface area contributed by atoms with E-state index >= 15 is 0 Å². The minimum Gasteiger partial charge on any atom is -0.341 e. The van der Waals surface area contributed by atoms with Crippen LogP contribution in [0.25, 0.3) is 0 Å². The molecule has 0 bridgehead atoms. The Hall–Kier alpha value is -1.92. The number of hydrogen-bond donors (Lipinski definition) is 3. The number of nitrogens with one attached hydrogen (secondary N) is 2. The number of benzene rings is 1. The molecule has 1 aliphatic rings. The zero-order valence-corrected chi connectivity index (χ0v) is 12.4. The van der Waals surface area contributed by atoms with Crippen molar-refractivity contribution in [2.75, 3.05) is 20.1 Å². The summed E-state index contributed by atoms with van der Waals surface area (Å²) in [5.74, 6) is -0.100. The third kappa shape index (κ3) is 3.59. The van der Waals surface area contributed by atoms with Crippen molar-refractivity contribution in [3.8, 4) is 0 Å². The van der Waals surface area contributed by atoms with Crippen LogP contribution in [0.4, 0.5) is 4.79 Å². The van der Waals surface area contributed by atoms with Gasteiger partial charge in [0.15, 0.2) is 0 Å². The largest absolute Gasteiger partial charge is 0.341 e. The van der Waals surface area contributed by atoms with Crippen molar-refractivity contribution >= 4 is 11.9 Å². The number of amides is 3. The first-order valence-corrected chi connectivity index (χ1v) is 7.10.